The largest absolute Gasteiger partial charge is 0.388 e. The van der Waals surface area contributed by atoms with Crippen LogP contribution in [0.4, 0.5) is 5.69 Å². The van der Waals surface area contributed by atoms with Crippen LogP contribution in [0.1, 0.15) is 58.8 Å². The molecule has 140 valence electrons. The molecule has 4 nitrogen and oxygen atoms in total. The van der Waals surface area contributed by atoms with Crippen molar-refractivity contribution in [3.05, 3.63) is 51.7 Å². The monoisotopic (exact) mass is 372 g/mol. The van der Waals surface area contributed by atoms with Crippen molar-refractivity contribution in [2.24, 2.45) is 0 Å². The molecule has 1 aliphatic carbocycles. The summed E-state index contributed by atoms with van der Waals surface area (Å²) < 4.78 is 0. The van der Waals surface area contributed by atoms with Gasteiger partial charge in [-0.3, -0.25) is 4.79 Å². The maximum Gasteiger partial charge on any atom is 0.251 e. The number of aliphatic hydroxyl groups excluding tert-OH is 1. The molecule has 2 N–H and O–H groups in total. The van der Waals surface area contributed by atoms with Crippen LogP contribution in [0.5, 0.6) is 0 Å². The average Bonchev–Trinajstić information content (AvgIpc) is 3.30. The van der Waals surface area contributed by atoms with Gasteiger partial charge in [0, 0.05) is 47.1 Å². The first kappa shape index (κ1) is 18.9. The highest BCUT2D eigenvalue weighted by Crippen LogP contribution is 2.44. The molecule has 1 amide bonds. The first-order valence-corrected chi connectivity index (χ1v) is 10.1. The molecule has 0 spiro atoms. The summed E-state index contributed by atoms with van der Waals surface area (Å²) in [6.07, 6.45) is 4.12. The van der Waals surface area contributed by atoms with E-state index in [1.807, 2.05) is 49.3 Å². The van der Waals surface area contributed by atoms with Crippen molar-refractivity contribution in [1.82, 2.24) is 5.32 Å². The normalized spacial score (nSPS) is 17.1. The van der Waals surface area contributed by atoms with Crippen molar-refractivity contribution in [1.29, 1.82) is 0 Å². The maximum absolute atomic E-state index is 12.7. The number of aliphatic hydroxyl groups is 1. The van der Waals surface area contributed by atoms with Crippen molar-refractivity contribution in [2.45, 2.75) is 44.1 Å². The molecule has 3 rings (SSSR count). The Morgan fingerprint density at radius 1 is 1.27 bits per heavy atom. The van der Waals surface area contributed by atoms with Crippen LogP contribution >= 0.6 is 11.3 Å². The Kier molecular flexibility index (Phi) is 5.68. The van der Waals surface area contributed by atoms with Crippen LogP contribution in [0.15, 0.2) is 36.4 Å². The molecule has 1 saturated carbocycles. The summed E-state index contributed by atoms with van der Waals surface area (Å²) in [5, 5.41) is 13.0. The number of nitrogens with one attached hydrogen (secondary N) is 1. The lowest BCUT2D eigenvalue weighted by atomic mass is 9.84. The second-order valence-electron chi connectivity index (χ2n) is 7.49. The fraction of sp³-hybridized carbons (Fsp3) is 0.476. The molecule has 1 aromatic heterocycles. The van der Waals surface area contributed by atoms with Gasteiger partial charge >= 0.3 is 0 Å². The summed E-state index contributed by atoms with van der Waals surface area (Å²) in [4.78, 5) is 17.0. The zero-order valence-corrected chi connectivity index (χ0v) is 16.6. The van der Waals surface area contributed by atoms with Crippen molar-refractivity contribution < 1.29 is 9.90 Å². The number of hydrogen-bond donors (Lipinski definition) is 2. The molecule has 1 heterocycles. The average molecular weight is 373 g/mol. The smallest absolute Gasteiger partial charge is 0.251 e. The number of rotatable bonds is 6. The highest BCUT2D eigenvalue weighted by atomic mass is 32.1. The van der Waals surface area contributed by atoms with E-state index in [4.69, 9.17) is 0 Å². The van der Waals surface area contributed by atoms with Gasteiger partial charge in [0.15, 0.2) is 0 Å². The third kappa shape index (κ3) is 3.94. The zero-order chi connectivity index (χ0) is 18.7. The predicted octanol–water partition coefficient (Wildman–Crippen LogP) is 4.11. The van der Waals surface area contributed by atoms with Gasteiger partial charge in [-0.15, -0.1) is 11.3 Å². The van der Waals surface area contributed by atoms with Gasteiger partial charge in [0.05, 0.1) is 6.10 Å². The topological polar surface area (TPSA) is 52.6 Å². The fourth-order valence-corrected chi connectivity index (χ4v) is 4.89. The van der Waals surface area contributed by atoms with Crippen molar-refractivity contribution >= 4 is 22.9 Å². The van der Waals surface area contributed by atoms with Gasteiger partial charge < -0.3 is 15.3 Å². The van der Waals surface area contributed by atoms with E-state index in [0.29, 0.717) is 12.1 Å². The molecule has 1 fully saturated rings. The first-order chi connectivity index (χ1) is 12.4. The first-order valence-electron chi connectivity index (χ1n) is 9.25. The van der Waals surface area contributed by atoms with Gasteiger partial charge in [0.2, 0.25) is 0 Å². The number of nitrogens with zero attached hydrogens (tertiary/aromatic N) is 1. The van der Waals surface area contributed by atoms with E-state index in [1.165, 1.54) is 17.7 Å². The second kappa shape index (κ2) is 7.80. The molecule has 0 radical (unpaired) electrons. The quantitative estimate of drug-likeness (QED) is 0.802. The molecule has 0 saturated heterocycles. The minimum absolute atomic E-state index is 0.00657. The molecular formula is C21H28N2O2S. The molecule has 0 aliphatic heterocycles. The van der Waals surface area contributed by atoms with E-state index in [0.717, 1.165) is 23.4 Å². The van der Waals surface area contributed by atoms with E-state index < -0.39 is 6.10 Å². The van der Waals surface area contributed by atoms with E-state index in [9.17, 15) is 9.90 Å². The molecule has 1 atom stereocenters. The van der Waals surface area contributed by atoms with E-state index in [2.05, 4.69) is 11.4 Å². The molecular weight excluding hydrogens is 344 g/mol. The molecule has 0 bridgehead atoms. The van der Waals surface area contributed by atoms with Gasteiger partial charge in [-0.2, -0.15) is 0 Å². The van der Waals surface area contributed by atoms with Gasteiger partial charge in [-0.1, -0.05) is 18.9 Å². The van der Waals surface area contributed by atoms with Crippen molar-refractivity contribution in [3.63, 3.8) is 0 Å². The number of anilines is 1. The molecule has 26 heavy (non-hydrogen) atoms. The van der Waals surface area contributed by atoms with Crippen molar-refractivity contribution in [2.75, 3.05) is 25.5 Å². The third-order valence-corrected chi connectivity index (χ3v) is 6.84. The SMILES string of the molecule is C[C@@H](O)c1ccc(C2(CNC(=O)c3cccc(N(C)C)c3)CCCC2)s1. The Balaban J connectivity index is 1.74. The van der Waals surface area contributed by atoms with E-state index >= 15 is 0 Å². The Hall–Kier alpha value is -1.85. The van der Waals surface area contributed by atoms with Crippen LogP contribution in [0.2, 0.25) is 0 Å². The number of benzene rings is 1. The maximum atomic E-state index is 12.7. The number of carbonyl (C=O) groups is 1. The van der Waals surface area contributed by atoms with Gasteiger partial charge in [0.1, 0.15) is 0 Å². The molecule has 2 aromatic rings. The lowest BCUT2D eigenvalue weighted by Gasteiger charge is -2.28. The highest BCUT2D eigenvalue weighted by molar-refractivity contribution is 7.12. The molecule has 5 heteroatoms. The summed E-state index contributed by atoms with van der Waals surface area (Å²) in [5.41, 5.74) is 1.72. The van der Waals surface area contributed by atoms with Crippen LogP contribution in [-0.4, -0.2) is 31.7 Å². The predicted molar refractivity (Wildman–Crippen MR) is 108 cm³/mol. The third-order valence-electron chi connectivity index (χ3n) is 5.33. The summed E-state index contributed by atoms with van der Waals surface area (Å²) in [7, 11) is 3.95. The van der Waals surface area contributed by atoms with Gasteiger partial charge in [0.25, 0.3) is 5.91 Å². The van der Waals surface area contributed by atoms with Crippen LogP contribution < -0.4 is 10.2 Å². The second-order valence-corrected chi connectivity index (χ2v) is 8.61. The van der Waals surface area contributed by atoms with Crippen LogP contribution in [0.25, 0.3) is 0 Å². The van der Waals surface area contributed by atoms with Crippen LogP contribution in [-0.2, 0) is 5.41 Å². The van der Waals surface area contributed by atoms with Crippen molar-refractivity contribution in [3.8, 4) is 0 Å². The van der Waals surface area contributed by atoms with E-state index in [-0.39, 0.29) is 11.3 Å². The van der Waals surface area contributed by atoms with Crippen LogP contribution in [0, 0.1) is 0 Å². The summed E-state index contributed by atoms with van der Waals surface area (Å²) in [6.45, 7) is 2.45. The number of carbonyl (C=O) groups excluding carboxylic acids is 1. The fourth-order valence-electron chi connectivity index (χ4n) is 3.70. The standard InChI is InChI=1S/C21H28N2O2S/c1-15(24)18-9-10-19(26-18)21(11-4-5-12-21)14-22-20(25)16-7-6-8-17(13-16)23(2)3/h6-10,13,15,24H,4-5,11-12,14H2,1-3H3,(H,22,25)/t15-/m1/s1. The molecule has 1 aromatic carbocycles. The zero-order valence-electron chi connectivity index (χ0n) is 15.8. The molecule has 0 unspecified atom stereocenters. The summed E-state index contributed by atoms with van der Waals surface area (Å²) in [5.74, 6) is -0.0210. The molecule has 1 aliphatic rings. The summed E-state index contributed by atoms with van der Waals surface area (Å²) >= 11 is 1.68. The van der Waals surface area contributed by atoms with E-state index in [1.54, 1.807) is 18.3 Å². The lowest BCUT2D eigenvalue weighted by Crippen LogP contribution is -2.38. The Bertz CT molecular complexity index is 761. The van der Waals surface area contributed by atoms with Gasteiger partial charge in [-0.05, 0) is 50.1 Å². The van der Waals surface area contributed by atoms with Gasteiger partial charge in [-0.25, -0.2) is 0 Å². The Morgan fingerprint density at radius 2 is 2.00 bits per heavy atom. The number of hydrogen-bond acceptors (Lipinski definition) is 4. The Labute approximate surface area is 159 Å². The minimum atomic E-state index is -0.435. The lowest BCUT2D eigenvalue weighted by molar-refractivity contribution is 0.0943. The highest BCUT2D eigenvalue weighted by Gasteiger charge is 2.37. The Morgan fingerprint density at radius 3 is 2.62 bits per heavy atom. The summed E-state index contributed by atoms with van der Waals surface area (Å²) in [6, 6.07) is 11.9. The van der Waals surface area contributed by atoms with Crippen LogP contribution in [0.3, 0.4) is 0 Å². The number of thiophene rings is 1. The minimum Gasteiger partial charge on any atom is -0.388 e. The number of amides is 1.